The first-order valence-electron chi connectivity index (χ1n) is 7.18. The summed E-state index contributed by atoms with van der Waals surface area (Å²) >= 11 is 1.40. The van der Waals surface area contributed by atoms with Crippen LogP contribution in [0.4, 0.5) is 4.39 Å². The zero-order valence-electron chi connectivity index (χ0n) is 12.6. The van der Waals surface area contributed by atoms with Crippen LogP contribution < -0.4 is 5.32 Å². The van der Waals surface area contributed by atoms with Crippen molar-refractivity contribution < 1.29 is 13.9 Å². The highest BCUT2D eigenvalue weighted by Crippen LogP contribution is 2.23. The number of methoxy groups -OCH3 is 1. The lowest BCUT2D eigenvalue weighted by molar-refractivity contribution is 0.0943. The first-order valence-corrected chi connectivity index (χ1v) is 8.06. The van der Waals surface area contributed by atoms with Crippen LogP contribution in [-0.2, 0) is 4.74 Å². The molecule has 0 bridgehead atoms. The van der Waals surface area contributed by atoms with E-state index in [9.17, 15) is 9.18 Å². The maximum atomic E-state index is 13.0. The van der Waals surface area contributed by atoms with Gasteiger partial charge in [-0.1, -0.05) is 0 Å². The van der Waals surface area contributed by atoms with Crippen molar-refractivity contribution in [3.63, 3.8) is 0 Å². The predicted molar refractivity (Wildman–Crippen MR) is 87.3 cm³/mol. The Morgan fingerprint density at radius 2 is 2.17 bits per heavy atom. The van der Waals surface area contributed by atoms with E-state index < -0.39 is 0 Å². The van der Waals surface area contributed by atoms with Gasteiger partial charge in [-0.05, 0) is 30.7 Å². The summed E-state index contributed by atoms with van der Waals surface area (Å²) in [5, 5.41) is 4.64. The monoisotopic (exact) mass is 333 g/mol. The van der Waals surface area contributed by atoms with Crippen LogP contribution in [0.5, 0.6) is 0 Å². The van der Waals surface area contributed by atoms with Gasteiger partial charge < -0.3 is 10.1 Å². The van der Waals surface area contributed by atoms with Crippen molar-refractivity contribution in [3.8, 4) is 11.3 Å². The average Bonchev–Trinajstić information content (AvgIpc) is 3.12. The molecule has 0 saturated heterocycles. The van der Waals surface area contributed by atoms with E-state index in [0.717, 1.165) is 16.9 Å². The summed E-state index contributed by atoms with van der Waals surface area (Å²) in [6.07, 6.45) is 2.56. The molecule has 5 nitrogen and oxygen atoms in total. The molecule has 0 radical (unpaired) electrons. The van der Waals surface area contributed by atoms with Crippen LogP contribution in [0.25, 0.3) is 16.2 Å². The summed E-state index contributed by atoms with van der Waals surface area (Å²) in [5.74, 6) is -0.429. The molecule has 1 aromatic carbocycles. The molecule has 1 amide bonds. The van der Waals surface area contributed by atoms with Crippen LogP contribution in [-0.4, -0.2) is 35.6 Å². The lowest BCUT2D eigenvalue weighted by atomic mass is 10.2. The summed E-state index contributed by atoms with van der Waals surface area (Å²) in [6.45, 7) is 1.17. The Morgan fingerprint density at radius 1 is 1.39 bits per heavy atom. The molecule has 7 heteroatoms. The first-order chi connectivity index (χ1) is 11.2. The third-order valence-corrected chi connectivity index (χ3v) is 4.23. The minimum Gasteiger partial charge on any atom is -0.385 e. The Morgan fingerprint density at radius 3 is 2.91 bits per heavy atom. The van der Waals surface area contributed by atoms with E-state index >= 15 is 0 Å². The van der Waals surface area contributed by atoms with Crippen molar-refractivity contribution in [2.75, 3.05) is 20.3 Å². The molecule has 1 N–H and O–H groups in total. The molecular formula is C16H16FN3O2S. The van der Waals surface area contributed by atoms with Gasteiger partial charge in [-0.2, -0.15) is 0 Å². The molecule has 0 atom stereocenters. The number of ether oxygens (including phenoxy) is 1. The fraction of sp³-hybridized carbons (Fsp3) is 0.250. The first kappa shape index (κ1) is 15.6. The van der Waals surface area contributed by atoms with E-state index in [4.69, 9.17) is 4.74 Å². The van der Waals surface area contributed by atoms with Gasteiger partial charge in [0.25, 0.3) is 5.91 Å². The SMILES string of the molecule is COCCCNC(=O)c1csc2nc(-c3ccc(F)cc3)cn12. The van der Waals surface area contributed by atoms with Crippen molar-refractivity contribution in [1.29, 1.82) is 0 Å². The summed E-state index contributed by atoms with van der Waals surface area (Å²) < 4.78 is 19.7. The number of amides is 1. The van der Waals surface area contributed by atoms with Crippen LogP contribution >= 0.6 is 11.3 Å². The molecular weight excluding hydrogens is 317 g/mol. The molecule has 3 aromatic rings. The van der Waals surface area contributed by atoms with Crippen molar-refractivity contribution in [3.05, 3.63) is 47.4 Å². The molecule has 0 aliphatic carbocycles. The number of fused-ring (bicyclic) bond motifs is 1. The highest BCUT2D eigenvalue weighted by Gasteiger charge is 2.14. The number of nitrogens with one attached hydrogen (secondary N) is 1. The fourth-order valence-electron chi connectivity index (χ4n) is 2.22. The van der Waals surface area contributed by atoms with E-state index in [0.29, 0.717) is 24.5 Å². The van der Waals surface area contributed by atoms with Crippen molar-refractivity contribution in [1.82, 2.24) is 14.7 Å². The van der Waals surface area contributed by atoms with Crippen LogP contribution in [0.2, 0.25) is 0 Å². The quantitative estimate of drug-likeness (QED) is 0.706. The summed E-state index contributed by atoms with van der Waals surface area (Å²) in [4.78, 5) is 17.4. The number of nitrogens with zero attached hydrogens (tertiary/aromatic N) is 2. The van der Waals surface area contributed by atoms with E-state index in [1.54, 1.807) is 35.2 Å². The average molecular weight is 333 g/mol. The van der Waals surface area contributed by atoms with Crippen molar-refractivity contribution in [2.24, 2.45) is 0 Å². The van der Waals surface area contributed by atoms with Gasteiger partial charge in [0.1, 0.15) is 11.5 Å². The number of hydrogen-bond acceptors (Lipinski definition) is 4. The van der Waals surface area contributed by atoms with Crippen LogP contribution in [0.3, 0.4) is 0 Å². The third kappa shape index (κ3) is 3.40. The predicted octanol–water partition coefficient (Wildman–Crippen LogP) is 2.97. The second-order valence-corrected chi connectivity index (χ2v) is 5.85. The standard InChI is InChI=1S/C16H16FN3O2S/c1-22-8-2-7-18-15(21)14-10-23-16-19-13(9-20(14)16)11-3-5-12(17)6-4-11/h3-6,9-10H,2,7-8H2,1H3,(H,18,21). The summed E-state index contributed by atoms with van der Waals surface area (Å²) in [5.41, 5.74) is 2.07. The minimum atomic E-state index is -0.286. The summed E-state index contributed by atoms with van der Waals surface area (Å²) in [6, 6.07) is 6.14. The van der Waals surface area contributed by atoms with E-state index in [2.05, 4.69) is 10.3 Å². The van der Waals surface area contributed by atoms with Gasteiger partial charge in [-0.15, -0.1) is 11.3 Å². The maximum absolute atomic E-state index is 13.0. The van der Waals surface area contributed by atoms with Crippen LogP contribution in [0.15, 0.2) is 35.8 Å². The number of hydrogen-bond donors (Lipinski definition) is 1. The van der Waals surface area contributed by atoms with E-state index in [-0.39, 0.29) is 11.7 Å². The highest BCUT2D eigenvalue weighted by atomic mass is 32.1. The van der Waals surface area contributed by atoms with Gasteiger partial charge in [-0.25, -0.2) is 9.37 Å². The smallest absolute Gasteiger partial charge is 0.269 e. The van der Waals surface area contributed by atoms with E-state index in [1.165, 1.54) is 23.5 Å². The zero-order valence-corrected chi connectivity index (χ0v) is 13.4. The van der Waals surface area contributed by atoms with Gasteiger partial charge in [-0.3, -0.25) is 9.20 Å². The Bertz CT molecular complexity index is 810. The molecule has 120 valence electrons. The molecule has 3 rings (SSSR count). The second kappa shape index (κ2) is 6.89. The minimum absolute atomic E-state index is 0.143. The molecule has 0 unspecified atom stereocenters. The van der Waals surface area contributed by atoms with Crippen molar-refractivity contribution in [2.45, 2.75) is 6.42 Å². The number of rotatable bonds is 6. The normalized spacial score (nSPS) is 11.0. The van der Waals surface area contributed by atoms with E-state index in [1.807, 2.05) is 0 Å². The lowest BCUT2D eigenvalue weighted by Gasteiger charge is -2.03. The Balaban J connectivity index is 1.80. The van der Waals surface area contributed by atoms with Gasteiger partial charge in [0.05, 0.1) is 5.69 Å². The van der Waals surface area contributed by atoms with Gasteiger partial charge >= 0.3 is 0 Å². The number of imidazole rings is 1. The zero-order chi connectivity index (χ0) is 16.2. The molecule has 0 aliphatic heterocycles. The fourth-order valence-corrected chi connectivity index (χ4v) is 3.07. The topological polar surface area (TPSA) is 55.6 Å². The molecule has 0 spiro atoms. The summed E-state index contributed by atoms with van der Waals surface area (Å²) in [7, 11) is 1.63. The van der Waals surface area contributed by atoms with Crippen molar-refractivity contribution >= 4 is 22.2 Å². The molecule has 23 heavy (non-hydrogen) atoms. The molecule has 0 saturated carbocycles. The number of carbonyl (C=O) groups is 1. The Hall–Kier alpha value is -2.25. The van der Waals surface area contributed by atoms with Crippen LogP contribution in [0.1, 0.15) is 16.9 Å². The van der Waals surface area contributed by atoms with Gasteiger partial charge in [0.15, 0.2) is 4.96 Å². The number of carbonyl (C=O) groups excluding carboxylic acids is 1. The molecule has 2 aromatic heterocycles. The number of aromatic nitrogens is 2. The van der Waals surface area contributed by atoms with Crippen LogP contribution in [0, 0.1) is 5.82 Å². The molecule has 2 heterocycles. The number of benzene rings is 1. The largest absolute Gasteiger partial charge is 0.385 e. The third-order valence-electron chi connectivity index (χ3n) is 3.39. The second-order valence-electron chi connectivity index (χ2n) is 5.01. The maximum Gasteiger partial charge on any atom is 0.269 e. The number of halogens is 1. The Kier molecular flexibility index (Phi) is 4.68. The lowest BCUT2D eigenvalue weighted by Crippen LogP contribution is -2.26. The number of thiazole rings is 1. The molecule has 0 aliphatic rings. The Labute approximate surface area is 136 Å². The van der Waals surface area contributed by atoms with Gasteiger partial charge in [0.2, 0.25) is 0 Å². The molecule has 0 fully saturated rings. The van der Waals surface area contributed by atoms with Gasteiger partial charge in [0, 0.05) is 37.4 Å². The highest BCUT2D eigenvalue weighted by molar-refractivity contribution is 7.15.